The number of ether oxygens (including phenoxy) is 1. The Bertz CT molecular complexity index is 990. The minimum Gasteiger partial charge on any atom is -0.434 e. The first-order valence-corrected chi connectivity index (χ1v) is 11.3. The number of aromatic nitrogens is 3. The minimum absolute atomic E-state index is 0.0194. The Morgan fingerprint density at radius 1 is 1.31 bits per heavy atom. The lowest BCUT2D eigenvalue weighted by Crippen LogP contribution is -2.60. The van der Waals surface area contributed by atoms with E-state index in [2.05, 4.69) is 25.4 Å². The molecular weight excluding hydrogens is 435 g/mol. The summed E-state index contributed by atoms with van der Waals surface area (Å²) in [4.78, 5) is 21.2. The molecule has 2 aliphatic rings. The third-order valence-electron chi connectivity index (χ3n) is 6.23. The third-order valence-corrected chi connectivity index (χ3v) is 6.39. The molecule has 2 aromatic rings. The highest BCUT2D eigenvalue weighted by molar-refractivity contribution is 6.28. The van der Waals surface area contributed by atoms with Crippen molar-refractivity contribution < 1.29 is 13.9 Å². The zero-order valence-corrected chi connectivity index (χ0v) is 19.3. The zero-order chi connectivity index (χ0) is 22.9. The molecule has 10 heteroatoms. The highest BCUT2D eigenvalue weighted by Crippen LogP contribution is 2.43. The summed E-state index contributed by atoms with van der Waals surface area (Å²) < 4.78 is 20.1. The van der Waals surface area contributed by atoms with E-state index < -0.39 is 5.82 Å². The molecule has 3 heterocycles. The fourth-order valence-corrected chi connectivity index (χ4v) is 4.63. The first kappa shape index (κ1) is 22.7. The van der Waals surface area contributed by atoms with Crippen molar-refractivity contribution in [3.05, 3.63) is 34.9 Å². The van der Waals surface area contributed by atoms with Gasteiger partial charge in [0.05, 0.1) is 5.56 Å². The van der Waals surface area contributed by atoms with Crippen molar-refractivity contribution in [3.8, 4) is 11.6 Å². The lowest BCUT2D eigenvalue weighted by Gasteiger charge is -2.52. The topological polar surface area (TPSA) is 83.5 Å². The van der Waals surface area contributed by atoms with Crippen molar-refractivity contribution in [1.29, 1.82) is 0 Å². The number of halogens is 2. The van der Waals surface area contributed by atoms with Gasteiger partial charge in [0.1, 0.15) is 11.6 Å². The third kappa shape index (κ3) is 4.49. The Labute approximate surface area is 192 Å². The fraction of sp³-hybridized carbons (Fsp3) is 0.545. The maximum absolute atomic E-state index is 14.0. The van der Waals surface area contributed by atoms with Crippen molar-refractivity contribution in [1.82, 2.24) is 25.4 Å². The minimum atomic E-state index is -0.517. The van der Waals surface area contributed by atoms with E-state index in [9.17, 15) is 9.18 Å². The Hall–Kier alpha value is -2.52. The molecule has 32 heavy (non-hydrogen) atoms. The molecule has 1 aromatic heterocycles. The summed E-state index contributed by atoms with van der Waals surface area (Å²) in [5.74, 6) is -0.00511. The molecule has 2 aliphatic heterocycles. The van der Waals surface area contributed by atoms with Gasteiger partial charge in [-0.05, 0) is 76.5 Å². The van der Waals surface area contributed by atoms with E-state index >= 15 is 0 Å². The van der Waals surface area contributed by atoms with Crippen LogP contribution >= 0.6 is 11.6 Å². The van der Waals surface area contributed by atoms with Crippen LogP contribution < -0.4 is 15.0 Å². The molecule has 172 valence electrons. The lowest BCUT2D eigenvalue weighted by molar-refractivity contribution is 0.0713. The Kier molecular flexibility index (Phi) is 6.48. The first-order valence-electron chi connectivity index (χ1n) is 11.0. The van der Waals surface area contributed by atoms with Gasteiger partial charge in [0.15, 0.2) is 5.82 Å². The van der Waals surface area contributed by atoms with Crippen LogP contribution in [0, 0.1) is 11.2 Å². The van der Waals surface area contributed by atoms with Gasteiger partial charge in [0.2, 0.25) is 5.28 Å². The Morgan fingerprint density at radius 2 is 2.03 bits per heavy atom. The van der Waals surface area contributed by atoms with Gasteiger partial charge in [0, 0.05) is 31.1 Å². The normalized spacial score (nSPS) is 17.4. The zero-order valence-electron chi connectivity index (χ0n) is 18.6. The van der Waals surface area contributed by atoms with Gasteiger partial charge in [-0.15, -0.1) is 10.2 Å². The van der Waals surface area contributed by atoms with Crippen LogP contribution in [0.25, 0.3) is 0 Å². The molecule has 2 saturated heterocycles. The molecule has 1 N–H and O–H groups in total. The maximum Gasteiger partial charge on any atom is 0.282 e. The van der Waals surface area contributed by atoms with Gasteiger partial charge in [0.25, 0.3) is 11.8 Å². The van der Waals surface area contributed by atoms with Crippen LogP contribution in [0.1, 0.15) is 44.0 Å². The number of carbonyl (C=O) groups is 1. The smallest absolute Gasteiger partial charge is 0.282 e. The quantitative estimate of drug-likeness (QED) is 0.703. The van der Waals surface area contributed by atoms with Crippen molar-refractivity contribution in [2.24, 2.45) is 5.41 Å². The molecule has 2 fully saturated rings. The van der Waals surface area contributed by atoms with Crippen LogP contribution in [0.5, 0.6) is 11.6 Å². The van der Waals surface area contributed by atoms with Gasteiger partial charge in [-0.1, -0.05) is 0 Å². The average molecular weight is 463 g/mol. The van der Waals surface area contributed by atoms with Crippen molar-refractivity contribution >= 4 is 23.3 Å². The monoisotopic (exact) mass is 462 g/mol. The lowest BCUT2D eigenvalue weighted by atomic mass is 9.72. The van der Waals surface area contributed by atoms with Crippen LogP contribution in [0.4, 0.5) is 10.2 Å². The van der Waals surface area contributed by atoms with Gasteiger partial charge < -0.3 is 19.9 Å². The number of nitrogens with zero attached hydrogens (tertiary/aromatic N) is 5. The highest BCUT2D eigenvalue weighted by Gasteiger charge is 2.45. The molecule has 0 bridgehead atoms. The molecule has 1 spiro atoms. The molecule has 0 unspecified atom stereocenters. The van der Waals surface area contributed by atoms with E-state index in [1.54, 1.807) is 4.90 Å². The number of benzene rings is 1. The molecule has 0 aliphatic carbocycles. The van der Waals surface area contributed by atoms with Crippen LogP contribution in [0.15, 0.2) is 18.2 Å². The van der Waals surface area contributed by atoms with Gasteiger partial charge in [-0.25, -0.2) is 4.39 Å². The maximum atomic E-state index is 14.0. The molecule has 8 nitrogen and oxygen atoms in total. The van der Waals surface area contributed by atoms with Crippen molar-refractivity contribution in [3.63, 3.8) is 0 Å². The van der Waals surface area contributed by atoms with E-state index in [0.29, 0.717) is 12.4 Å². The molecule has 0 saturated carbocycles. The SMILES string of the molecule is CCN(C(=O)c1cc(F)ccc1Oc1nnc(Cl)nc1N1CC2(CCNCC2)C1)C(C)C. The highest BCUT2D eigenvalue weighted by atomic mass is 35.5. The van der Waals surface area contributed by atoms with Crippen LogP contribution in [-0.4, -0.2) is 64.8 Å². The number of piperidine rings is 1. The van der Waals surface area contributed by atoms with E-state index in [0.717, 1.165) is 39.0 Å². The van der Waals surface area contributed by atoms with Gasteiger partial charge >= 0.3 is 0 Å². The summed E-state index contributed by atoms with van der Waals surface area (Å²) in [6.45, 7) is 9.85. The van der Waals surface area contributed by atoms with E-state index in [4.69, 9.17) is 16.3 Å². The predicted molar refractivity (Wildman–Crippen MR) is 120 cm³/mol. The van der Waals surface area contributed by atoms with Crippen LogP contribution in [0.3, 0.4) is 0 Å². The van der Waals surface area contributed by atoms with E-state index in [1.165, 1.54) is 18.2 Å². The predicted octanol–water partition coefficient (Wildman–Crippen LogP) is 3.52. The number of hydrogen-bond acceptors (Lipinski definition) is 7. The fourth-order valence-electron chi connectivity index (χ4n) is 4.51. The van der Waals surface area contributed by atoms with Gasteiger partial charge in [-0.2, -0.15) is 4.98 Å². The van der Waals surface area contributed by atoms with Crippen molar-refractivity contribution in [2.75, 3.05) is 37.6 Å². The first-order chi connectivity index (χ1) is 15.3. The van der Waals surface area contributed by atoms with Crippen LogP contribution in [-0.2, 0) is 0 Å². The molecule has 0 atom stereocenters. The Balaban J connectivity index is 1.62. The summed E-state index contributed by atoms with van der Waals surface area (Å²) >= 11 is 6.03. The van der Waals surface area contributed by atoms with Crippen molar-refractivity contribution in [2.45, 2.75) is 39.7 Å². The molecule has 1 amide bonds. The number of rotatable bonds is 6. The molecule has 0 radical (unpaired) electrons. The summed E-state index contributed by atoms with van der Waals surface area (Å²) in [5, 5.41) is 11.3. The average Bonchev–Trinajstić information content (AvgIpc) is 2.75. The summed E-state index contributed by atoms with van der Waals surface area (Å²) in [7, 11) is 0. The van der Waals surface area contributed by atoms with E-state index in [1.807, 2.05) is 20.8 Å². The standard InChI is InChI=1S/C22H28ClFN6O2/c1-4-30(14(2)3)20(31)16-11-15(24)5-6-17(16)32-19-18(26-21(23)28-27-19)29-12-22(13-29)7-9-25-10-8-22/h5-6,11,14,25H,4,7-10,12-13H2,1-3H3. The number of hydrogen-bond donors (Lipinski definition) is 1. The summed E-state index contributed by atoms with van der Waals surface area (Å²) in [6, 6.07) is 3.83. The van der Waals surface area contributed by atoms with Gasteiger partial charge in [-0.3, -0.25) is 4.79 Å². The second kappa shape index (κ2) is 9.15. The number of anilines is 1. The summed E-state index contributed by atoms with van der Waals surface area (Å²) in [6.07, 6.45) is 2.20. The number of nitrogens with one attached hydrogen (secondary N) is 1. The summed E-state index contributed by atoms with van der Waals surface area (Å²) in [5.41, 5.74) is 0.386. The molecule has 1 aromatic carbocycles. The second-order valence-electron chi connectivity index (χ2n) is 8.74. The van der Waals surface area contributed by atoms with E-state index in [-0.39, 0.29) is 39.8 Å². The second-order valence-corrected chi connectivity index (χ2v) is 9.08. The number of carbonyl (C=O) groups excluding carboxylic acids is 1. The number of amides is 1. The molecular formula is C22H28ClFN6O2. The molecule has 4 rings (SSSR count). The largest absolute Gasteiger partial charge is 0.434 e. The van der Waals surface area contributed by atoms with Crippen LogP contribution in [0.2, 0.25) is 5.28 Å². The Morgan fingerprint density at radius 3 is 2.69 bits per heavy atom.